The predicted octanol–water partition coefficient (Wildman–Crippen LogP) is 3.86. The summed E-state index contributed by atoms with van der Waals surface area (Å²) in [5, 5.41) is 13.0. The van der Waals surface area contributed by atoms with Gasteiger partial charge in [0.1, 0.15) is 5.82 Å². The van der Waals surface area contributed by atoms with Gasteiger partial charge in [-0.3, -0.25) is 0 Å². The smallest absolute Gasteiger partial charge is 0.335 e. The van der Waals surface area contributed by atoms with Gasteiger partial charge in [0.2, 0.25) is 5.82 Å². The van der Waals surface area contributed by atoms with E-state index in [1.807, 2.05) is 0 Å². The van der Waals surface area contributed by atoms with Crippen molar-refractivity contribution in [3.05, 3.63) is 58.9 Å². The van der Waals surface area contributed by atoms with Crippen LogP contribution in [0.4, 0.5) is 4.39 Å². The number of aromatic carboxylic acids is 1. The molecule has 0 saturated carbocycles. The van der Waals surface area contributed by atoms with Crippen LogP contribution in [0.5, 0.6) is 0 Å². The summed E-state index contributed by atoms with van der Waals surface area (Å²) in [7, 11) is 0. The summed E-state index contributed by atoms with van der Waals surface area (Å²) < 4.78 is 19.1. The Morgan fingerprint density at radius 1 is 1.22 bits per heavy atom. The lowest BCUT2D eigenvalue weighted by Crippen LogP contribution is -1.97. The Kier molecular flexibility index (Phi) is 3.65. The summed E-state index contributed by atoms with van der Waals surface area (Å²) in [5.74, 6) is -1.21. The Hall–Kier alpha value is -3.02. The molecule has 1 aromatic heterocycles. The largest absolute Gasteiger partial charge is 0.478 e. The molecule has 0 aliphatic rings. The normalized spacial score (nSPS) is 10.7. The lowest BCUT2D eigenvalue weighted by Gasteiger charge is -2.02. The van der Waals surface area contributed by atoms with Crippen LogP contribution >= 0.6 is 0 Å². The highest BCUT2D eigenvalue weighted by Crippen LogP contribution is 2.28. The molecule has 0 radical (unpaired) electrons. The van der Waals surface area contributed by atoms with Crippen molar-refractivity contribution < 1.29 is 18.8 Å². The Balaban J connectivity index is 2.08. The molecule has 6 heteroatoms. The van der Waals surface area contributed by atoms with E-state index in [9.17, 15) is 9.18 Å². The van der Waals surface area contributed by atoms with E-state index in [2.05, 4.69) is 10.1 Å². The fourth-order valence-corrected chi connectivity index (χ4v) is 2.38. The Morgan fingerprint density at radius 3 is 2.70 bits per heavy atom. The Labute approximate surface area is 131 Å². The highest BCUT2D eigenvalue weighted by molar-refractivity contribution is 5.89. The van der Waals surface area contributed by atoms with Crippen LogP contribution in [0.25, 0.3) is 22.8 Å². The van der Waals surface area contributed by atoms with Gasteiger partial charge in [-0.1, -0.05) is 17.3 Å². The zero-order chi connectivity index (χ0) is 16.6. The predicted molar refractivity (Wildman–Crippen MR) is 81.6 cm³/mol. The van der Waals surface area contributed by atoms with E-state index in [-0.39, 0.29) is 22.8 Å². The summed E-state index contributed by atoms with van der Waals surface area (Å²) in [6, 6.07) is 9.42. The van der Waals surface area contributed by atoms with E-state index in [1.54, 1.807) is 38.1 Å². The van der Waals surface area contributed by atoms with Gasteiger partial charge in [-0.15, -0.1) is 0 Å². The van der Waals surface area contributed by atoms with Crippen LogP contribution < -0.4 is 0 Å². The number of halogens is 1. The summed E-state index contributed by atoms with van der Waals surface area (Å²) in [4.78, 5) is 15.3. The van der Waals surface area contributed by atoms with Gasteiger partial charge in [-0.2, -0.15) is 4.98 Å². The number of nitrogens with zero attached hydrogens (tertiary/aromatic N) is 2. The van der Waals surface area contributed by atoms with Gasteiger partial charge in [0.25, 0.3) is 5.89 Å². The number of carboxylic acids is 1. The van der Waals surface area contributed by atoms with Crippen molar-refractivity contribution in [2.24, 2.45) is 0 Å². The van der Waals surface area contributed by atoms with E-state index < -0.39 is 11.8 Å². The van der Waals surface area contributed by atoms with Crippen molar-refractivity contribution in [1.82, 2.24) is 10.1 Å². The van der Waals surface area contributed by atoms with Crippen LogP contribution in [-0.4, -0.2) is 21.2 Å². The molecule has 5 nitrogen and oxygen atoms in total. The minimum absolute atomic E-state index is 0.0639. The average Bonchev–Trinajstić information content (AvgIpc) is 2.96. The number of benzene rings is 2. The molecule has 0 aliphatic heterocycles. The summed E-state index contributed by atoms with van der Waals surface area (Å²) in [5.41, 5.74) is 2.32. The first kappa shape index (κ1) is 14.9. The SMILES string of the molecule is Cc1cc(C(=O)O)cc(-c2noc(-c3c(C)cccc3F)n2)c1. The third kappa shape index (κ3) is 2.83. The molecule has 0 amide bonds. The van der Waals surface area contributed by atoms with Gasteiger partial charge in [-0.25, -0.2) is 9.18 Å². The quantitative estimate of drug-likeness (QED) is 0.794. The molecule has 1 N–H and O–H groups in total. The molecule has 0 unspecified atom stereocenters. The van der Waals surface area contributed by atoms with Crippen molar-refractivity contribution in [3.8, 4) is 22.8 Å². The molecule has 116 valence electrons. The zero-order valence-corrected chi connectivity index (χ0v) is 12.5. The number of rotatable bonds is 3. The minimum atomic E-state index is -1.04. The van der Waals surface area contributed by atoms with Crippen molar-refractivity contribution in [2.75, 3.05) is 0 Å². The zero-order valence-electron chi connectivity index (χ0n) is 12.5. The van der Waals surface area contributed by atoms with Crippen molar-refractivity contribution in [1.29, 1.82) is 0 Å². The monoisotopic (exact) mass is 312 g/mol. The first-order valence-corrected chi connectivity index (χ1v) is 6.90. The van der Waals surface area contributed by atoms with Gasteiger partial charge < -0.3 is 9.63 Å². The topological polar surface area (TPSA) is 76.2 Å². The fourth-order valence-electron chi connectivity index (χ4n) is 2.38. The molecule has 23 heavy (non-hydrogen) atoms. The summed E-state index contributed by atoms with van der Waals surface area (Å²) >= 11 is 0. The van der Waals surface area contributed by atoms with Gasteiger partial charge in [0.15, 0.2) is 0 Å². The second-order valence-electron chi connectivity index (χ2n) is 5.25. The van der Waals surface area contributed by atoms with Crippen LogP contribution in [0, 0.1) is 19.7 Å². The maximum absolute atomic E-state index is 14.0. The summed E-state index contributed by atoms with van der Waals surface area (Å²) in [6.07, 6.45) is 0. The molecule has 3 rings (SSSR count). The molecule has 0 bridgehead atoms. The van der Waals surface area contributed by atoms with E-state index >= 15 is 0 Å². The minimum Gasteiger partial charge on any atom is -0.478 e. The molecule has 0 atom stereocenters. The second-order valence-corrected chi connectivity index (χ2v) is 5.25. The van der Waals surface area contributed by atoms with E-state index in [4.69, 9.17) is 9.63 Å². The van der Waals surface area contributed by atoms with Gasteiger partial charge in [0, 0.05) is 5.56 Å². The van der Waals surface area contributed by atoms with E-state index in [1.165, 1.54) is 12.1 Å². The van der Waals surface area contributed by atoms with E-state index in [0.29, 0.717) is 11.1 Å². The van der Waals surface area contributed by atoms with Crippen LogP contribution in [0.1, 0.15) is 21.5 Å². The van der Waals surface area contributed by atoms with Gasteiger partial charge in [0.05, 0.1) is 11.1 Å². The average molecular weight is 312 g/mol. The third-order valence-corrected chi connectivity index (χ3v) is 3.44. The lowest BCUT2D eigenvalue weighted by molar-refractivity contribution is 0.0697. The molecule has 0 spiro atoms. The third-order valence-electron chi connectivity index (χ3n) is 3.44. The number of carboxylic acid groups (broad SMARTS) is 1. The van der Waals surface area contributed by atoms with Gasteiger partial charge >= 0.3 is 5.97 Å². The number of aromatic nitrogens is 2. The highest BCUT2D eigenvalue weighted by atomic mass is 19.1. The highest BCUT2D eigenvalue weighted by Gasteiger charge is 2.17. The molecular weight excluding hydrogens is 299 g/mol. The van der Waals surface area contributed by atoms with Crippen LogP contribution in [-0.2, 0) is 0 Å². The van der Waals surface area contributed by atoms with Gasteiger partial charge in [-0.05, 0) is 49.2 Å². The Bertz CT molecular complexity index is 882. The van der Waals surface area contributed by atoms with Crippen LogP contribution in [0.3, 0.4) is 0 Å². The maximum Gasteiger partial charge on any atom is 0.335 e. The van der Waals surface area contributed by atoms with Crippen LogP contribution in [0.2, 0.25) is 0 Å². The number of carbonyl (C=O) groups is 1. The fraction of sp³-hybridized carbons (Fsp3) is 0.118. The van der Waals surface area contributed by atoms with Crippen molar-refractivity contribution >= 4 is 5.97 Å². The van der Waals surface area contributed by atoms with Crippen molar-refractivity contribution in [2.45, 2.75) is 13.8 Å². The molecule has 2 aromatic carbocycles. The number of aryl methyl sites for hydroxylation is 2. The molecule has 0 fully saturated rings. The standard InChI is InChI=1S/C17H13FN2O3/c1-9-6-11(8-12(7-9)17(21)22)15-19-16(23-20-15)14-10(2)4-3-5-13(14)18/h3-8H,1-2H3,(H,21,22). The molecule has 0 aliphatic carbocycles. The maximum atomic E-state index is 14.0. The first-order chi connectivity index (χ1) is 11.0. The molecular formula is C17H13FN2O3. The summed E-state index contributed by atoms with van der Waals surface area (Å²) in [6.45, 7) is 3.52. The Morgan fingerprint density at radius 2 is 2.00 bits per heavy atom. The van der Waals surface area contributed by atoms with Crippen molar-refractivity contribution in [3.63, 3.8) is 0 Å². The molecule has 3 aromatic rings. The molecule has 0 saturated heterocycles. The lowest BCUT2D eigenvalue weighted by atomic mass is 10.1. The molecule has 1 heterocycles. The first-order valence-electron chi connectivity index (χ1n) is 6.90. The van der Waals surface area contributed by atoms with Crippen LogP contribution in [0.15, 0.2) is 40.9 Å². The van der Waals surface area contributed by atoms with E-state index in [0.717, 1.165) is 5.56 Å². The number of hydrogen-bond acceptors (Lipinski definition) is 4. The number of hydrogen-bond donors (Lipinski definition) is 1. The second kappa shape index (κ2) is 5.64.